The summed E-state index contributed by atoms with van der Waals surface area (Å²) in [6.07, 6.45) is 4.52. The van der Waals surface area contributed by atoms with E-state index in [1.165, 1.54) is 5.56 Å². The van der Waals surface area contributed by atoms with Gasteiger partial charge in [-0.2, -0.15) is 0 Å². The third-order valence-electron chi connectivity index (χ3n) is 4.37. The van der Waals surface area contributed by atoms with Crippen LogP contribution in [0.4, 0.5) is 0 Å². The van der Waals surface area contributed by atoms with Crippen molar-refractivity contribution >= 4 is 35.6 Å². The molecule has 0 amide bonds. The van der Waals surface area contributed by atoms with Gasteiger partial charge in [0, 0.05) is 29.4 Å². The van der Waals surface area contributed by atoms with Crippen LogP contribution in [0, 0.1) is 0 Å². The zero-order valence-corrected chi connectivity index (χ0v) is 13.2. The van der Waals surface area contributed by atoms with Gasteiger partial charge in [0.15, 0.2) is 0 Å². The highest BCUT2D eigenvalue weighted by Crippen LogP contribution is 2.39. The van der Waals surface area contributed by atoms with Crippen molar-refractivity contribution in [1.29, 1.82) is 0 Å². The number of hydrogen-bond donors (Lipinski definition) is 0. The second-order valence-electron chi connectivity index (χ2n) is 5.48. The average molecular weight is 321 g/mol. The molecule has 106 valence electrons. The average Bonchev–Trinajstić information content (AvgIpc) is 2.38. The van der Waals surface area contributed by atoms with Crippen LogP contribution in [0.1, 0.15) is 31.2 Å². The largest absolute Gasteiger partial charge is 0.290 e. The third kappa shape index (κ3) is 3.21. The van der Waals surface area contributed by atoms with Gasteiger partial charge in [0.1, 0.15) is 0 Å². The van der Waals surface area contributed by atoms with Crippen molar-refractivity contribution < 1.29 is 0 Å². The summed E-state index contributed by atoms with van der Waals surface area (Å²) in [4.78, 5) is 2.55. The molecule has 0 spiro atoms. The molecule has 2 saturated heterocycles. The molecule has 4 atom stereocenters. The molecule has 0 saturated carbocycles. The van der Waals surface area contributed by atoms with Gasteiger partial charge < -0.3 is 0 Å². The lowest BCUT2D eigenvalue weighted by Gasteiger charge is -2.50. The number of rotatable bonds is 2. The molecule has 4 heteroatoms. The minimum Gasteiger partial charge on any atom is -0.290 e. The lowest BCUT2D eigenvalue weighted by molar-refractivity contribution is 0.0391. The fraction of sp³-hybridized carbons (Fsp3) is 0.600. The van der Waals surface area contributed by atoms with Gasteiger partial charge >= 0.3 is 0 Å². The van der Waals surface area contributed by atoms with Crippen LogP contribution >= 0.6 is 35.6 Å². The molecule has 2 heterocycles. The summed E-state index contributed by atoms with van der Waals surface area (Å²) in [6.45, 7) is 0.989. The molecule has 1 aromatic carbocycles. The van der Waals surface area contributed by atoms with E-state index in [0.29, 0.717) is 22.8 Å². The Morgan fingerprint density at radius 3 is 1.95 bits per heavy atom. The fourth-order valence-corrected chi connectivity index (χ4v) is 4.22. The molecule has 2 aliphatic heterocycles. The van der Waals surface area contributed by atoms with E-state index in [1.807, 2.05) is 0 Å². The molecule has 2 bridgehead atoms. The SMILES string of the molecule is Cl.Cl[C@@H]1CC[C@H]2[C@@H](Cl)CC[C@@H]1N2Cc1ccccc1. The van der Waals surface area contributed by atoms with Crippen molar-refractivity contribution in [2.24, 2.45) is 0 Å². The van der Waals surface area contributed by atoms with Crippen molar-refractivity contribution in [3.8, 4) is 0 Å². The molecule has 19 heavy (non-hydrogen) atoms. The van der Waals surface area contributed by atoms with Crippen LogP contribution in [0.2, 0.25) is 0 Å². The molecule has 0 unspecified atom stereocenters. The third-order valence-corrected chi connectivity index (χ3v) is 5.39. The lowest BCUT2D eigenvalue weighted by Crippen LogP contribution is -2.57. The van der Waals surface area contributed by atoms with Gasteiger partial charge in [0.2, 0.25) is 0 Å². The van der Waals surface area contributed by atoms with Crippen LogP contribution in [-0.2, 0) is 6.54 Å². The molecule has 1 nitrogen and oxygen atoms in total. The van der Waals surface area contributed by atoms with E-state index in [1.54, 1.807) is 0 Å². The Hall–Kier alpha value is 0.0500. The summed E-state index contributed by atoms with van der Waals surface area (Å²) in [5.74, 6) is 0. The Kier molecular flexibility index (Phi) is 5.42. The second kappa shape index (κ2) is 6.67. The van der Waals surface area contributed by atoms with Crippen molar-refractivity contribution in [2.75, 3.05) is 0 Å². The van der Waals surface area contributed by atoms with Crippen molar-refractivity contribution in [3.63, 3.8) is 0 Å². The molecular weight excluding hydrogens is 301 g/mol. The highest BCUT2D eigenvalue weighted by molar-refractivity contribution is 6.22. The maximum atomic E-state index is 6.51. The Balaban J connectivity index is 0.00000133. The minimum atomic E-state index is 0. The first kappa shape index (κ1) is 15.4. The minimum absolute atomic E-state index is 0. The van der Waals surface area contributed by atoms with E-state index in [4.69, 9.17) is 23.2 Å². The normalized spacial score (nSPS) is 34.6. The Bertz CT molecular complexity index is 380. The lowest BCUT2D eigenvalue weighted by atomic mass is 9.83. The summed E-state index contributed by atoms with van der Waals surface area (Å²) in [7, 11) is 0. The standard InChI is InChI=1S/C15H19Cl2N.ClH/c16-12-6-8-14-13(17)7-9-15(12)18(14)10-11-4-2-1-3-5-11;/h1-5,12-15H,6-10H2;1H/t12-,13+,14-,15-;/m0./s1. The molecule has 0 aromatic heterocycles. The van der Waals surface area contributed by atoms with Crippen LogP contribution < -0.4 is 0 Å². The van der Waals surface area contributed by atoms with Crippen LogP contribution in [0.5, 0.6) is 0 Å². The number of nitrogens with zero attached hydrogens (tertiary/aromatic N) is 1. The molecule has 0 N–H and O–H groups in total. The topological polar surface area (TPSA) is 3.24 Å². The molecule has 0 aliphatic carbocycles. The van der Waals surface area contributed by atoms with Crippen molar-refractivity contribution in [1.82, 2.24) is 4.90 Å². The van der Waals surface area contributed by atoms with Crippen molar-refractivity contribution in [3.05, 3.63) is 35.9 Å². The first-order valence-corrected chi connectivity index (χ1v) is 7.71. The maximum absolute atomic E-state index is 6.51. The molecular formula is C15H20Cl3N. The molecule has 1 aromatic rings. The Labute approximate surface area is 131 Å². The number of hydrogen-bond acceptors (Lipinski definition) is 1. The van der Waals surface area contributed by atoms with Crippen LogP contribution in [0.3, 0.4) is 0 Å². The number of halogens is 3. The first-order valence-electron chi connectivity index (χ1n) is 6.83. The van der Waals surface area contributed by atoms with Crippen LogP contribution in [0.25, 0.3) is 0 Å². The summed E-state index contributed by atoms with van der Waals surface area (Å²) in [5, 5.41) is 0.600. The molecule has 2 aliphatic rings. The van der Waals surface area contributed by atoms with Crippen LogP contribution in [-0.4, -0.2) is 27.7 Å². The smallest absolute Gasteiger partial charge is 0.0492 e. The van der Waals surface area contributed by atoms with Gasteiger partial charge in [-0.25, -0.2) is 0 Å². The van der Waals surface area contributed by atoms with Crippen LogP contribution in [0.15, 0.2) is 30.3 Å². The number of benzene rings is 1. The van der Waals surface area contributed by atoms with Gasteiger partial charge in [-0.3, -0.25) is 4.90 Å². The summed E-state index contributed by atoms with van der Waals surface area (Å²) >= 11 is 13.0. The summed E-state index contributed by atoms with van der Waals surface area (Å²) in [6, 6.07) is 11.7. The van der Waals surface area contributed by atoms with E-state index in [-0.39, 0.29) is 12.4 Å². The quantitative estimate of drug-likeness (QED) is 0.728. The first-order chi connectivity index (χ1) is 8.75. The summed E-state index contributed by atoms with van der Waals surface area (Å²) < 4.78 is 0. The van der Waals surface area contributed by atoms with Crippen molar-refractivity contribution in [2.45, 2.75) is 55.1 Å². The number of fused-ring (bicyclic) bond motifs is 2. The Morgan fingerprint density at radius 1 is 0.895 bits per heavy atom. The molecule has 2 fully saturated rings. The van der Waals surface area contributed by atoms with E-state index in [9.17, 15) is 0 Å². The number of piperidine rings is 2. The zero-order valence-electron chi connectivity index (χ0n) is 10.8. The van der Waals surface area contributed by atoms with Gasteiger partial charge in [0.25, 0.3) is 0 Å². The van der Waals surface area contributed by atoms with E-state index in [2.05, 4.69) is 35.2 Å². The highest BCUT2D eigenvalue weighted by atomic mass is 35.5. The molecule has 3 rings (SSSR count). The van der Waals surface area contributed by atoms with E-state index in [0.717, 1.165) is 32.2 Å². The highest BCUT2D eigenvalue weighted by Gasteiger charge is 2.42. The van der Waals surface area contributed by atoms with Gasteiger partial charge in [-0.05, 0) is 31.2 Å². The second-order valence-corrected chi connectivity index (χ2v) is 6.60. The van der Waals surface area contributed by atoms with E-state index >= 15 is 0 Å². The predicted octanol–water partition coefficient (Wildman–Crippen LogP) is 4.45. The zero-order chi connectivity index (χ0) is 12.5. The van der Waals surface area contributed by atoms with Gasteiger partial charge in [-0.1, -0.05) is 30.3 Å². The Morgan fingerprint density at radius 2 is 1.42 bits per heavy atom. The fourth-order valence-electron chi connectivity index (χ4n) is 3.43. The number of alkyl halides is 2. The summed E-state index contributed by atoms with van der Waals surface area (Å²) in [5.41, 5.74) is 1.36. The monoisotopic (exact) mass is 319 g/mol. The predicted molar refractivity (Wildman–Crippen MR) is 84.6 cm³/mol. The van der Waals surface area contributed by atoms with Gasteiger partial charge in [-0.15, -0.1) is 35.6 Å². The van der Waals surface area contributed by atoms with E-state index < -0.39 is 0 Å². The maximum Gasteiger partial charge on any atom is 0.0492 e. The molecule has 0 radical (unpaired) electrons. The van der Waals surface area contributed by atoms with Gasteiger partial charge in [0.05, 0.1) is 0 Å².